The van der Waals surface area contributed by atoms with E-state index < -0.39 is 0 Å². The van der Waals surface area contributed by atoms with Crippen LogP contribution in [0.1, 0.15) is 40.3 Å². The van der Waals surface area contributed by atoms with Crippen LogP contribution in [0.5, 0.6) is 0 Å². The van der Waals surface area contributed by atoms with Gasteiger partial charge in [-0.05, 0) is 37.1 Å². The average Bonchev–Trinajstić information content (AvgIpc) is 3.20. The van der Waals surface area contributed by atoms with Crippen LogP contribution < -0.4 is 5.43 Å². The maximum atomic E-state index is 12.0. The predicted molar refractivity (Wildman–Crippen MR) is 79.4 cm³/mol. The molecule has 2 aromatic rings. The van der Waals surface area contributed by atoms with Crippen LogP contribution in [0.2, 0.25) is 0 Å². The summed E-state index contributed by atoms with van der Waals surface area (Å²) in [4.78, 5) is 27.1. The molecule has 1 aliphatic heterocycles. The van der Waals surface area contributed by atoms with Crippen LogP contribution in [0.25, 0.3) is 6.08 Å². The van der Waals surface area contributed by atoms with Gasteiger partial charge < -0.3 is 9.40 Å². The summed E-state index contributed by atoms with van der Waals surface area (Å²) in [6.45, 7) is 0. The molecule has 0 radical (unpaired) electrons. The number of hydrogen-bond donors (Lipinski definition) is 2. The lowest BCUT2D eigenvalue weighted by Crippen LogP contribution is -2.13. The van der Waals surface area contributed by atoms with Crippen LogP contribution >= 0.6 is 0 Å². The van der Waals surface area contributed by atoms with Gasteiger partial charge in [0.05, 0.1) is 11.8 Å². The number of H-pyrrole nitrogens is 1. The first kappa shape index (κ1) is 12.8. The van der Waals surface area contributed by atoms with Crippen molar-refractivity contribution >= 4 is 23.5 Å². The van der Waals surface area contributed by atoms with Crippen LogP contribution in [0.3, 0.4) is 0 Å². The van der Waals surface area contributed by atoms with Crippen molar-refractivity contribution in [2.24, 2.45) is 5.10 Å². The van der Waals surface area contributed by atoms with E-state index in [1.165, 1.54) is 6.26 Å². The van der Waals surface area contributed by atoms with Crippen molar-refractivity contribution < 1.29 is 14.0 Å². The van der Waals surface area contributed by atoms with Crippen molar-refractivity contribution in [1.29, 1.82) is 0 Å². The van der Waals surface area contributed by atoms with Crippen molar-refractivity contribution in [3.05, 3.63) is 52.7 Å². The second-order valence-corrected chi connectivity index (χ2v) is 5.33. The number of aromatic nitrogens is 1. The van der Waals surface area contributed by atoms with Crippen molar-refractivity contribution in [3.8, 4) is 0 Å². The molecule has 6 nitrogen and oxygen atoms in total. The lowest BCUT2D eigenvalue weighted by Gasteiger charge is -2.08. The minimum absolute atomic E-state index is 0.151. The fourth-order valence-electron chi connectivity index (χ4n) is 2.83. The van der Waals surface area contributed by atoms with Gasteiger partial charge in [0.15, 0.2) is 11.5 Å². The largest absolute Gasteiger partial charge is 0.463 e. The molecule has 0 unspecified atom stereocenters. The molecular weight excluding hydrogens is 282 g/mol. The van der Waals surface area contributed by atoms with E-state index in [2.05, 4.69) is 15.5 Å². The third-order valence-electron chi connectivity index (χ3n) is 3.87. The van der Waals surface area contributed by atoms with Crippen LogP contribution in [-0.2, 0) is 11.2 Å². The number of rotatable bonds is 2. The average molecular weight is 295 g/mol. The van der Waals surface area contributed by atoms with Crippen molar-refractivity contribution in [3.63, 3.8) is 0 Å². The summed E-state index contributed by atoms with van der Waals surface area (Å²) >= 11 is 0. The van der Waals surface area contributed by atoms with E-state index in [0.717, 1.165) is 29.8 Å². The van der Waals surface area contributed by atoms with Gasteiger partial charge in [-0.2, -0.15) is 5.10 Å². The molecule has 1 aliphatic carbocycles. The number of furan rings is 1. The van der Waals surface area contributed by atoms with Gasteiger partial charge in [-0.1, -0.05) is 0 Å². The highest BCUT2D eigenvalue weighted by molar-refractivity contribution is 6.32. The Morgan fingerprint density at radius 3 is 2.95 bits per heavy atom. The number of amides is 1. The van der Waals surface area contributed by atoms with E-state index in [-0.39, 0.29) is 11.7 Å². The zero-order valence-corrected chi connectivity index (χ0v) is 11.7. The fourth-order valence-corrected chi connectivity index (χ4v) is 2.83. The molecule has 3 heterocycles. The molecule has 1 amide bonds. The molecular formula is C16H13N3O3. The molecule has 0 spiro atoms. The number of hydrazone groups is 1. The van der Waals surface area contributed by atoms with Crippen molar-refractivity contribution in [2.75, 3.05) is 0 Å². The number of aryl methyl sites for hydroxylation is 1. The summed E-state index contributed by atoms with van der Waals surface area (Å²) in [7, 11) is 0. The number of ketones is 1. The van der Waals surface area contributed by atoms with Crippen LogP contribution in [-0.4, -0.2) is 22.4 Å². The molecule has 0 saturated heterocycles. The van der Waals surface area contributed by atoms with E-state index in [0.29, 0.717) is 23.5 Å². The molecule has 0 fully saturated rings. The van der Waals surface area contributed by atoms with Gasteiger partial charge in [0.2, 0.25) is 0 Å². The number of carbonyl (C=O) groups excluding carboxylic acids is 2. The molecule has 22 heavy (non-hydrogen) atoms. The molecule has 110 valence electrons. The molecule has 2 aliphatic rings. The Bertz CT molecular complexity index is 825. The molecule has 0 bridgehead atoms. The van der Waals surface area contributed by atoms with E-state index in [1.54, 1.807) is 24.3 Å². The first-order chi connectivity index (χ1) is 10.7. The molecule has 0 aromatic carbocycles. The van der Waals surface area contributed by atoms with Gasteiger partial charge in [-0.3, -0.25) is 9.59 Å². The summed E-state index contributed by atoms with van der Waals surface area (Å²) in [6.07, 6.45) is 5.54. The highest BCUT2D eigenvalue weighted by atomic mass is 16.3. The highest BCUT2D eigenvalue weighted by Gasteiger charge is 2.27. The predicted octanol–water partition coefficient (Wildman–Crippen LogP) is 2.04. The number of nitrogens with zero attached hydrogens (tertiary/aromatic N) is 1. The Morgan fingerprint density at radius 2 is 2.18 bits per heavy atom. The van der Waals surface area contributed by atoms with Gasteiger partial charge >= 0.3 is 0 Å². The third kappa shape index (κ3) is 2.00. The van der Waals surface area contributed by atoms with Gasteiger partial charge in [-0.15, -0.1) is 0 Å². The van der Waals surface area contributed by atoms with Gasteiger partial charge in [0, 0.05) is 23.4 Å². The Labute approximate surface area is 125 Å². The summed E-state index contributed by atoms with van der Waals surface area (Å²) in [5.41, 5.74) is 5.72. The Morgan fingerprint density at radius 1 is 1.27 bits per heavy atom. The number of carbonyl (C=O) groups is 2. The SMILES string of the molecule is O=C1NN=C(c2ccco2)C1=Cc1cc2c([nH]1)CCCC2=O. The van der Waals surface area contributed by atoms with Crippen molar-refractivity contribution in [2.45, 2.75) is 19.3 Å². The van der Waals surface area contributed by atoms with Gasteiger partial charge in [0.25, 0.3) is 5.91 Å². The highest BCUT2D eigenvalue weighted by Crippen LogP contribution is 2.24. The molecule has 2 aromatic heterocycles. The van der Waals surface area contributed by atoms with E-state index in [9.17, 15) is 9.59 Å². The van der Waals surface area contributed by atoms with E-state index in [4.69, 9.17) is 4.42 Å². The first-order valence-corrected chi connectivity index (χ1v) is 7.11. The minimum Gasteiger partial charge on any atom is -0.463 e. The fraction of sp³-hybridized carbons (Fsp3) is 0.188. The zero-order chi connectivity index (χ0) is 15.1. The van der Waals surface area contributed by atoms with Crippen LogP contribution in [0.4, 0.5) is 0 Å². The summed E-state index contributed by atoms with van der Waals surface area (Å²) in [5, 5.41) is 4.01. The first-order valence-electron chi connectivity index (χ1n) is 7.11. The third-order valence-corrected chi connectivity index (χ3v) is 3.87. The van der Waals surface area contributed by atoms with E-state index >= 15 is 0 Å². The Kier molecular flexibility index (Phi) is 2.82. The second-order valence-electron chi connectivity index (χ2n) is 5.33. The van der Waals surface area contributed by atoms with Crippen LogP contribution in [0, 0.1) is 0 Å². The van der Waals surface area contributed by atoms with E-state index in [1.807, 2.05) is 0 Å². The molecule has 2 N–H and O–H groups in total. The monoisotopic (exact) mass is 295 g/mol. The summed E-state index contributed by atoms with van der Waals surface area (Å²) < 4.78 is 5.30. The topological polar surface area (TPSA) is 87.5 Å². The maximum Gasteiger partial charge on any atom is 0.273 e. The van der Waals surface area contributed by atoms with Crippen molar-refractivity contribution in [1.82, 2.24) is 10.4 Å². The summed E-state index contributed by atoms with van der Waals surface area (Å²) in [5.74, 6) is 0.389. The number of fused-ring (bicyclic) bond motifs is 1. The lowest BCUT2D eigenvalue weighted by molar-refractivity contribution is -0.116. The minimum atomic E-state index is -0.287. The molecule has 6 heteroatoms. The lowest BCUT2D eigenvalue weighted by atomic mass is 9.97. The summed E-state index contributed by atoms with van der Waals surface area (Å²) in [6, 6.07) is 5.29. The maximum absolute atomic E-state index is 12.0. The number of Topliss-reactive ketones (excluding diaryl/α,β-unsaturated/α-hetero) is 1. The Hall–Kier alpha value is -2.89. The smallest absolute Gasteiger partial charge is 0.273 e. The number of hydrogen-bond acceptors (Lipinski definition) is 4. The normalized spacial score (nSPS) is 19.3. The van der Waals surface area contributed by atoms with Gasteiger partial charge in [-0.25, -0.2) is 5.43 Å². The molecule has 0 atom stereocenters. The standard InChI is InChI=1S/C16H13N3O3/c20-13-4-1-3-12-10(13)7-9(17-12)8-11-15(18-19-16(11)21)14-5-2-6-22-14/h2,5-8,17H,1,3-4H2,(H,19,21). The molecule has 0 saturated carbocycles. The number of nitrogens with one attached hydrogen (secondary N) is 2. The zero-order valence-electron chi connectivity index (χ0n) is 11.7. The quantitative estimate of drug-likeness (QED) is 0.831. The van der Waals surface area contributed by atoms with Gasteiger partial charge in [0.1, 0.15) is 5.71 Å². The molecule has 4 rings (SSSR count). The Balaban J connectivity index is 1.74. The van der Waals surface area contributed by atoms with Crippen LogP contribution in [0.15, 0.2) is 39.6 Å². The number of aromatic amines is 1. The second kappa shape index (κ2) is 4.84.